The van der Waals surface area contributed by atoms with Gasteiger partial charge in [-0.2, -0.15) is 0 Å². The van der Waals surface area contributed by atoms with Gasteiger partial charge in [0.25, 0.3) is 0 Å². The highest BCUT2D eigenvalue weighted by Crippen LogP contribution is 2.36. The number of nitrogens with zero attached hydrogens (tertiary/aromatic N) is 1. The predicted octanol–water partition coefficient (Wildman–Crippen LogP) is 0.613. The van der Waals surface area contributed by atoms with Crippen LogP contribution in [0.15, 0.2) is 11.8 Å². The number of aliphatic hydroxyl groups is 5. The average molecular weight is 791 g/mol. The Morgan fingerprint density at radius 3 is 2.24 bits per heavy atom. The maximum atomic E-state index is 13.1. The van der Waals surface area contributed by atoms with Crippen LogP contribution in [0.1, 0.15) is 88.0 Å². The molecule has 1 saturated carbocycles. The molecule has 1 saturated heterocycles. The van der Waals surface area contributed by atoms with E-state index >= 15 is 0 Å². The second-order valence-electron chi connectivity index (χ2n) is 16.9. The molecule has 0 aromatic heterocycles. The molecule has 55 heavy (non-hydrogen) atoms. The molecular weight excluding hydrogens is 724 g/mol. The molecule has 0 spiro atoms. The van der Waals surface area contributed by atoms with Crippen molar-refractivity contribution in [2.45, 2.75) is 166 Å². The third-order valence-electron chi connectivity index (χ3n) is 9.39. The zero-order chi connectivity index (χ0) is 41.5. The molecule has 18 nitrogen and oxygen atoms in total. The van der Waals surface area contributed by atoms with E-state index in [-0.39, 0.29) is 39.0 Å². The lowest BCUT2D eigenvalue weighted by atomic mass is 9.79. The van der Waals surface area contributed by atoms with Gasteiger partial charge in [0.1, 0.15) is 47.0 Å². The first kappa shape index (κ1) is 46.6. The van der Waals surface area contributed by atoms with Crippen molar-refractivity contribution >= 4 is 18.1 Å². The summed E-state index contributed by atoms with van der Waals surface area (Å²) in [5.41, 5.74) is -3.40. The van der Waals surface area contributed by atoms with Crippen molar-refractivity contribution in [1.29, 1.82) is 0 Å². The molecule has 3 amide bonds. The van der Waals surface area contributed by atoms with Gasteiger partial charge < -0.3 is 74.8 Å². The van der Waals surface area contributed by atoms with Crippen molar-refractivity contribution in [1.82, 2.24) is 20.9 Å². The molecule has 0 bridgehead atoms. The van der Waals surface area contributed by atoms with Gasteiger partial charge in [-0.05, 0) is 79.7 Å². The van der Waals surface area contributed by atoms with Crippen LogP contribution < -0.4 is 16.0 Å². The van der Waals surface area contributed by atoms with E-state index in [1.807, 2.05) is 6.92 Å². The van der Waals surface area contributed by atoms with E-state index in [0.29, 0.717) is 18.7 Å². The quantitative estimate of drug-likeness (QED) is 0.112. The Bertz CT molecular complexity index is 1300. The lowest BCUT2D eigenvalue weighted by Crippen LogP contribution is -2.69. The summed E-state index contributed by atoms with van der Waals surface area (Å²) < 4.78 is 35.7. The third-order valence-corrected chi connectivity index (χ3v) is 9.39. The number of rotatable bonds is 14. The Kier molecular flexibility index (Phi) is 16.6. The lowest BCUT2D eigenvalue weighted by Gasteiger charge is -2.50. The number of hydrogen-bond acceptors (Lipinski definition) is 15. The smallest absolute Gasteiger partial charge is 0.410 e. The summed E-state index contributed by atoms with van der Waals surface area (Å²) in [6.45, 7) is 15.3. The molecular formula is C37H66N4O14. The minimum absolute atomic E-state index is 0.0919. The number of ether oxygens (including phenoxy) is 6. The van der Waals surface area contributed by atoms with Crippen LogP contribution in [-0.4, -0.2) is 160 Å². The van der Waals surface area contributed by atoms with Gasteiger partial charge in [-0.15, -0.1) is 0 Å². The fraction of sp³-hybridized carbons (Fsp3) is 0.865. The number of amides is 3. The van der Waals surface area contributed by atoms with Crippen LogP contribution in [0.2, 0.25) is 0 Å². The molecule has 8 N–H and O–H groups in total. The molecule has 2 fully saturated rings. The van der Waals surface area contributed by atoms with Gasteiger partial charge in [0.15, 0.2) is 6.29 Å². The Balaban J connectivity index is 1.94. The fourth-order valence-corrected chi connectivity index (χ4v) is 6.88. The summed E-state index contributed by atoms with van der Waals surface area (Å²) in [4.78, 5) is 40.1. The monoisotopic (exact) mass is 790 g/mol. The molecule has 2 heterocycles. The average Bonchev–Trinajstić information content (AvgIpc) is 3.05. The highest BCUT2D eigenvalue weighted by Gasteiger charge is 2.54. The normalized spacial score (nSPS) is 33.4. The van der Waals surface area contributed by atoms with Crippen molar-refractivity contribution < 1.29 is 68.3 Å². The summed E-state index contributed by atoms with van der Waals surface area (Å²) in [7, 11) is 1.37. The standard InChI is InChI=1S/C37H66N4O14/c1-11-12-24(43)30(46)39-23-17-20(2)27(52-31-22(40-33(47)54-35(3,4)5)14-13-21(51-31)18-38-15-16-42)25(44)28(23)53-32-26(45)29(37(9,49)19-50-32)41(10)34(48)55-36(6,7)8/h13,20,22-29,31-32,38,42-45,49H,11-12,14-19H2,1-10H3,(H,39,46)(H,40,47). The van der Waals surface area contributed by atoms with E-state index in [0.717, 1.165) is 4.90 Å². The van der Waals surface area contributed by atoms with Crippen LogP contribution in [0, 0.1) is 5.92 Å². The zero-order valence-electron chi connectivity index (χ0n) is 33.9. The number of hydrogen-bond donors (Lipinski definition) is 8. The van der Waals surface area contributed by atoms with Crippen LogP contribution >= 0.6 is 0 Å². The zero-order valence-corrected chi connectivity index (χ0v) is 33.9. The van der Waals surface area contributed by atoms with E-state index in [4.69, 9.17) is 28.4 Å². The van der Waals surface area contributed by atoms with Gasteiger partial charge in [-0.1, -0.05) is 20.3 Å². The van der Waals surface area contributed by atoms with Crippen LogP contribution in [0.4, 0.5) is 9.59 Å². The molecule has 0 radical (unpaired) electrons. The number of likely N-dealkylation sites (N-methyl/N-ethyl adjacent to an activating group) is 1. The SMILES string of the molecule is CCCC(O)C(=O)NC1CC(C)C(OC2OC(CNCCO)=CCC2NC(=O)OC(C)(C)C)C(O)C1OC1OCC(C)(O)C(N(C)C(=O)OC(C)(C)C)C1O. The minimum Gasteiger partial charge on any atom is -0.466 e. The van der Waals surface area contributed by atoms with Crippen molar-refractivity contribution in [3.8, 4) is 0 Å². The number of carbonyl (C=O) groups is 3. The predicted molar refractivity (Wildman–Crippen MR) is 197 cm³/mol. The maximum absolute atomic E-state index is 13.1. The van der Waals surface area contributed by atoms with Crippen LogP contribution in [0.3, 0.4) is 0 Å². The summed E-state index contributed by atoms with van der Waals surface area (Å²) in [5, 5.41) is 63.3. The van der Waals surface area contributed by atoms with E-state index in [1.54, 1.807) is 54.5 Å². The van der Waals surface area contributed by atoms with Crippen molar-refractivity contribution in [2.24, 2.45) is 5.92 Å². The van der Waals surface area contributed by atoms with Crippen molar-refractivity contribution in [3.63, 3.8) is 0 Å². The van der Waals surface area contributed by atoms with E-state index in [2.05, 4.69) is 16.0 Å². The Labute approximate surface area is 324 Å². The number of carbonyl (C=O) groups excluding carboxylic acids is 3. The Hall–Kier alpha value is -2.81. The van der Waals surface area contributed by atoms with Gasteiger partial charge in [-0.3, -0.25) is 4.79 Å². The van der Waals surface area contributed by atoms with Crippen LogP contribution in [0.25, 0.3) is 0 Å². The summed E-state index contributed by atoms with van der Waals surface area (Å²) >= 11 is 0. The highest BCUT2D eigenvalue weighted by atomic mass is 16.7. The largest absolute Gasteiger partial charge is 0.466 e. The number of alkyl carbamates (subject to hydrolysis) is 1. The fourth-order valence-electron chi connectivity index (χ4n) is 6.88. The molecule has 0 aromatic carbocycles. The first-order chi connectivity index (χ1) is 25.5. The molecule has 0 aromatic rings. The van der Waals surface area contributed by atoms with Crippen LogP contribution in [0.5, 0.6) is 0 Å². The second kappa shape index (κ2) is 19.6. The number of aliphatic hydroxyl groups excluding tert-OH is 4. The Morgan fingerprint density at radius 1 is 1.00 bits per heavy atom. The van der Waals surface area contributed by atoms with Gasteiger partial charge in [0.2, 0.25) is 12.2 Å². The molecule has 3 rings (SSSR count). The second-order valence-corrected chi connectivity index (χ2v) is 16.9. The van der Waals surface area contributed by atoms with Crippen molar-refractivity contribution in [3.05, 3.63) is 11.8 Å². The first-order valence-electron chi connectivity index (χ1n) is 19.1. The Morgan fingerprint density at radius 2 is 1.64 bits per heavy atom. The summed E-state index contributed by atoms with van der Waals surface area (Å²) in [6, 6.07) is -2.97. The maximum Gasteiger partial charge on any atom is 0.410 e. The van der Waals surface area contributed by atoms with E-state index in [1.165, 1.54) is 14.0 Å². The highest BCUT2D eigenvalue weighted by molar-refractivity contribution is 5.80. The lowest BCUT2D eigenvalue weighted by molar-refractivity contribution is -0.313. The summed E-state index contributed by atoms with van der Waals surface area (Å²) in [5.74, 6) is -0.676. The molecule has 12 unspecified atom stereocenters. The van der Waals surface area contributed by atoms with E-state index in [9.17, 15) is 39.9 Å². The van der Waals surface area contributed by atoms with Gasteiger partial charge in [-0.25, -0.2) is 9.59 Å². The molecule has 1 aliphatic carbocycles. The van der Waals surface area contributed by atoms with Gasteiger partial charge in [0, 0.05) is 13.6 Å². The van der Waals surface area contributed by atoms with Gasteiger partial charge >= 0.3 is 12.2 Å². The topological polar surface area (TPSA) is 247 Å². The molecule has 2 aliphatic heterocycles. The minimum atomic E-state index is -1.75. The summed E-state index contributed by atoms with van der Waals surface area (Å²) in [6.07, 6.45) is -8.12. The molecule has 3 aliphatic rings. The molecule has 12 atom stereocenters. The molecule has 318 valence electrons. The first-order valence-corrected chi connectivity index (χ1v) is 19.1. The van der Waals surface area contributed by atoms with Crippen molar-refractivity contribution in [2.75, 3.05) is 33.4 Å². The molecule has 18 heteroatoms. The van der Waals surface area contributed by atoms with Crippen LogP contribution in [-0.2, 0) is 33.2 Å². The van der Waals surface area contributed by atoms with Gasteiger partial charge in [0.05, 0.1) is 44.0 Å². The third kappa shape index (κ3) is 13.4. The van der Waals surface area contributed by atoms with E-state index < -0.39 is 102 Å². The number of nitrogens with one attached hydrogen (secondary N) is 3.